The van der Waals surface area contributed by atoms with E-state index in [2.05, 4.69) is 5.43 Å². The standard InChI is InChI=1S/C32H29N2O6P/c1-39-31(37)28(34(23-35)33-30(36)24-15-7-3-8-16-24)29(32(38)40-2)41(25-17-9-4-10-18-25,26-19-11-5-12-20-26)27-21-13-6-14-22-27/h3-23,28H,1-2H3,(H,33,36). The number of amides is 2. The highest BCUT2D eigenvalue weighted by Gasteiger charge is 2.44. The molecule has 0 radical (unpaired) electrons. The van der Waals surface area contributed by atoms with Gasteiger partial charge in [-0.2, -0.15) is 0 Å². The minimum atomic E-state index is -3.25. The van der Waals surface area contributed by atoms with Gasteiger partial charge in [-0.1, -0.05) is 109 Å². The van der Waals surface area contributed by atoms with Crippen LogP contribution in [0.3, 0.4) is 0 Å². The summed E-state index contributed by atoms with van der Waals surface area (Å²) in [4.78, 5) is 53.5. The van der Waals surface area contributed by atoms with E-state index < -0.39 is 30.8 Å². The molecule has 1 atom stereocenters. The SMILES string of the molecule is COC(=O)C(C(C(=O)OC)N(C=O)NC(=O)c1ccccc1)=P(c1ccccc1)(c1ccccc1)c1ccccc1. The molecule has 9 heteroatoms. The van der Waals surface area contributed by atoms with Crippen LogP contribution in [0.2, 0.25) is 0 Å². The third-order valence-electron chi connectivity index (χ3n) is 6.53. The Kier molecular flexibility index (Phi) is 9.51. The van der Waals surface area contributed by atoms with Gasteiger partial charge in [0, 0.05) is 5.56 Å². The van der Waals surface area contributed by atoms with Crippen LogP contribution in [0.5, 0.6) is 0 Å². The maximum atomic E-state index is 14.0. The third-order valence-corrected chi connectivity index (χ3v) is 10.9. The lowest BCUT2D eigenvalue weighted by molar-refractivity contribution is -0.148. The summed E-state index contributed by atoms with van der Waals surface area (Å²) in [6, 6.07) is 34.4. The van der Waals surface area contributed by atoms with Gasteiger partial charge < -0.3 is 9.47 Å². The van der Waals surface area contributed by atoms with Crippen molar-refractivity contribution in [3.8, 4) is 0 Å². The van der Waals surface area contributed by atoms with Gasteiger partial charge in [0.15, 0.2) is 6.04 Å². The van der Waals surface area contributed by atoms with Gasteiger partial charge in [0.2, 0.25) is 6.41 Å². The zero-order valence-corrected chi connectivity index (χ0v) is 23.4. The van der Waals surface area contributed by atoms with Gasteiger partial charge in [0.25, 0.3) is 5.91 Å². The fraction of sp³-hybridized carbons (Fsp3) is 0.0938. The zero-order chi connectivity index (χ0) is 29.2. The fourth-order valence-electron chi connectivity index (χ4n) is 4.75. The Morgan fingerprint density at radius 1 is 0.683 bits per heavy atom. The maximum Gasteiger partial charge on any atom is 0.337 e. The summed E-state index contributed by atoms with van der Waals surface area (Å²) >= 11 is 0. The highest BCUT2D eigenvalue weighted by Crippen LogP contribution is 2.47. The van der Waals surface area contributed by atoms with Gasteiger partial charge in [-0.3, -0.25) is 15.0 Å². The summed E-state index contributed by atoms with van der Waals surface area (Å²) in [7, 11) is 2.36. The van der Waals surface area contributed by atoms with Crippen molar-refractivity contribution in [1.29, 1.82) is 0 Å². The van der Waals surface area contributed by atoms with Crippen molar-refractivity contribution >= 4 is 52.3 Å². The fourth-order valence-corrected chi connectivity index (χ4v) is 9.30. The van der Waals surface area contributed by atoms with Gasteiger partial charge in [0.05, 0.1) is 19.5 Å². The normalized spacial score (nSPS) is 11.5. The quantitative estimate of drug-likeness (QED) is 0.137. The van der Waals surface area contributed by atoms with E-state index in [-0.39, 0.29) is 10.9 Å². The van der Waals surface area contributed by atoms with E-state index in [0.717, 1.165) is 28.0 Å². The van der Waals surface area contributed by atoms with Crippen molar-refractivity contribution in [2.75, 3.05) is 14.2 Å². The largest absolute Gasteiger partial charge is 0.467 e. The van der Waals surface area contributed by atoms with Crippen LogP contribution in [0, 0.1) is 0 Å². The van der Waals surface area contributed by atoms with E-state index in [4.69, 9.17) is 9.47 Å². The molecular formula is C32H29N2O6P. The molecule has 0 fully saturated rings. The first-order valence-corrected chi connectivity index (χ1v) is 14.5. The molecule has 0 saturated carbocycles. The molecule has 0 bridgehead atoms. The van der Waals surface area contributed by atoms with Crippen LogP contribution < -0.4 is 21.3 Å². The minimum absolute atomic E-state index is 0.0455. The Balaban J connectivity index is 2.17. The van der Waals surface area contributed by atoms with Gasteiger partial charge >= 0.3 is 11.9 Å². The summed E-state index contributed by atoms with van der Waals surface area (Å²) < 4.78 is 10.5. The van der Waals surface area contributed by atoms with Crippen LogP contribution in [0.1, 0.15) is 10.4 Å². The molecule has 4 aromatic carbocycles. The summed E-state index contributed by atoms with van der Waals surface area (Å²) in [5.41, 5.74) is 2.75. The van der Waals surface area contributed by atoms with Crippen molar-refractivity contribution in [2.24, 2.45) is 0 Å². The van der Waals surface area contributed by atoms with Gasteiger partial charge in [-0.15, -0.1) is 0 Å². The number of methoxy groups -OCH3 is 2. The lowest BCUT2D eigenvalue weighted by Gasteiger charge is -2.36. The second-order valence-electron chi connectivity index (χ2n) is 8.80. The molecule has 8 nitrogen and oxygen atoms in total. The number of nitrogens with one attached hydrogen (secondary N) is 1. The van der Waals surface area contributed by atoms with E-state index >= 15 is 0 Å². The van der Waals surface area contributed by atoms with Crippen molar-refractivity contribution in [3.63, 3.8) is 0 Å². The Bertz CT molecular complexity index is 1460. The van der Waals surface area contributed by atoms with Crippen molar-refractivity contribution in [1.82, 2.24) is 10.4 Å². The summed E-state index contributed by atoms with van der Waals surface area (Å²) in [5, 5.41) is 2.92. The Morgan fingerprint density at radius 3 is 1.46 bits per heavy atom. The van der Waals surface area contributed by atoms with Gasteiger partial charge in [-0.05, 0) is 34.9 Å². The highest BCUT2D eigenvalue weighted by atomic mass is 31.2. The lowest BCUT2D eigenvalue weighted by atomic mass is 10.2. The molecule has 0 heterocycles. The number of carbonyl (C=O) groups excluding carboxylic acids is 4. The highest BCUT2D eigenvalue weighted by molar-refractivity contribution is 7.96. The van der Waals surface area contributed by atoms with E-state index in [1.165, 1.54) is 7.11 Å². The van der Waals surface area contributed by atoms with Crippen LogP contribution in [0.4, 0.5) is 0 Å². The number of nitrogens with zero attached hydrogens (tertiary/aromatic N) is 1. The first kappa shape index (κ1) is 29.1. The van der Waals surface area contributed by atoms with Crippen LogP contribution >= 0.6 is 6.89 Å². The molecule has 0 saturated heterocycles. The molecular weight excluding hydrogens is 539 g/mol. The van der Waals surface area contributed by atoms with Crippen LogP contribution in [0.25, 0.3) is 0 Å². The molecule has 208 valence electrons. The van der Waals surface area contributed by atoms with Gasteiger partial charge in [0.1, 0.15) is 0 Å². The van der Waals surface area contributed by atoms with E-state index in [0.29, 0.717) is 6.41 Å². The molecule has 41 heavy (non-hydrogen) atoms. The Labute approximate surface area is 238 Å². The molecule has 4 rings (SSSR count). The van der Waals surface area contributed by atoms with Crippen molar-refractivity contribution < 1.29 is 28.7 Å². The Hall–Kier alpha value is -4.94. The topological polar surface area (TPSA) is 102 Å². The second kappa shape index (κ2) is 13.4. The smallest absolute Gasteiger partial charge is 0.337 e. The number of benzene rings is 4. The Morgan fingerprint density at radius 2 is 1.10 bits per heavy atom. The predicted octanol–water partition coefficient (Wildman–Crippen LogP) is 2.67. The minimum Gasteiger partial charge on any atom is -0.467 e. The average molecular weight is 569 g/mol. The molecule has 0 aromatic heterocycles. The number of rotatable bonds is 10. The van der Waals surface area contributed by atoms with E-state index in [1.54, 1.807) is 30.3 Å². The monoisotopic (exact) mass is 568 g/mol. The second-order valence-corrected chi connectivity index (χ2v) is 12.2. The zero-order valence-electron chi connectivity index (χ0n) is 22.5. The molecule has 0 spiro atoms. The number of hydrogen-bond acceptors (Lipinski definition) is 6. The number of esters is 2. The van der Waals surface area contributed by atoms with Gasteiger partial charge in [-0.25, -0.2) is 14.6 Å². The van der Waals surface area contributed by atoms with E-state index in [9.17, 15) is 19.2 Å². The molecule has 1 unspecified atom stereocenters. The molecule has 0 aliphatic carbocycles. The first-order valence-electron chi connectivity index (χ1n) is 12.7. The lowest BCUT2D eigenvalue weighted by Crippen LogP contribution is -2.58. The first-order chi connectivity index (χ1) is 20.0. The van der Waals surface area contributed by atoms with Crippen LogP contribution in [0.15, 0.2) is 121 Å². The van der Waals surface area contributed by atoms with Crippen molar-refractivity contribution in [3.05, 3.63) is 127 Å². The number of hydrogen-bond donors (Lipinski definition) is 1. The molecule has 2 amide bonds. The molecule has 0 aliphatic heterocycles. The number of carbonyl (C=O) groups is 4. The maximum absolute atomic E-state index is 14.0. The number of hydrazine groups is 1. The van der Waals surface area contributed by atoms with E-state index in [1.807, 2.05) is 91.0 Å². The van der Waals surface area contributed by atoms with Crippen LogP contribution in [-0.4, -0.2) is 54.8 Å². The third kappa shape index (κ3) is 5.83. The summed E-state index contributed by atoms with van der Waals surface area (Å²) in [6.07, 6.45) is 0.293. The molecule has 1 N–H and O–H groups in total. The van der Waals surface area contributed by atoms with Crippen LogP contribution in [-0.2, 0) is 23.9 Å². The molecule has 0 aliphatic rings. The van der Waals surface area contributed by atoms with Crippen molar-refractivity contribution in [2.45, 2.75) is 6.04 Å². The summed E-state index contributed by atoms with van der Waals surface area (Å²) in [6.45, 7) is -3.25. The number of ether oxygens (including phenoxy) is 2. The molecule has 4 aromatic rings. The average Bonchev–Trinajstić information content (AvgIpc) is 3.05. The summed E-state index contributed by atoms with van der Waals surface area (Å²) in [5.74, 6) is -2.41. The predicted molar refractivity (Wildman–Crippen MR) is 160 cm³/mol.